The van der Waals surface area contributed by atoms with Crippen LogP contribution in [0, 0.1) is 20.8 Å². The lowest BCUT2D eigenvalue weighted by molar-refractivity contribution is 0.564. The van der Waals surface area contributed by atoms with Crippen molar-refractivity contribution in [1.29, 1.82) is 0 Å². The van der Waals surface area contributed by atoms with E-state index >= 15 is 0 Å². The van der Waals surface area contributed by atoms with Gasteiger partial charge in [0, 0.05) is 22.2 Å². The maximum atomic E-state index is 2.61. The van der Waals surface area contributed by atoms with Crippen molar-refractivity contribution in [1.82, 2.24) is 0 Å². The number of aryl methyl sites for hydroxylation is 3. The molecule has 0 aliphatic heterocycles. The highest BCUT2D eigenvalue weighted by molar-refractivity contribution is 6.10. The van der Waals surface area contributed by atoms with Gasteiger partial charge in [0.2, 0.25) is 0 Å². The van der Waals surface area contributed by atoms with E-state index in [0.29, 0.717) is 0 Å². The maximum absolute atomic E-state index is 2.61. The molecule has 0 aromatic heterocycles. The summed E-state index contributed by atoms with van der Waals surface area (Å²) in [4.78, 5) is 2.58. The molecule has 0 bridgehead atoms. The summed E-state index contributed by atoms with van der Waals surface area (Å²) >= 11 is 0. The molecule has 1 nitrogen and oxygen atoms in total. The lowest BCUT2D eigenvalue weighted by atomic mass is 9.64. The standard InChI is InChI=1S/C37H37N/c1-22-11-15-25(16-12-22)38(26-17-13-23(2)14-18-26)27-20-31-34-32(21-27)37(6,7)30-19-24(3)28-9-8-10-29(36(31,4)5)33(28)35(30)34/h8-19,21,27H,20H2,1-7H3. The third kappa shape index (κ3) is 3.05. The molecular formula is C37H37N. The fourth-order valence-corrected chi connectivity index (χ4v) is 7.52. The molecule has 3 aliphatic rings. The molecule has 0 saturated carbocycles. The minimum absolute atomic E-state index is 0.0304. The molecule has 190 valence electrons. The van der Waals surface area contributed by atoms with Crippen LogP contribution in [0.2, 0.25) is 0 Å². The van der Waals surface area contributed by atoms with E-state index in [-0.39, 0.29) is 16.9 Å². The van der Waals surface area contributed by atoms with Gasteiger partial charge in [-0.05, 0) is 101 Å². The van der Waals surface area contributed by atoms with Crippen molar-refractivity contribution in [2.45, 2.75) is 71.8 Å². The first kappa shape index (κ1) is 23.5. The van der Waals surface area contributed by atoms with Gasteiger partial charge in [-0.1, -0.05) is 93.4 Å². The Kier molecular flexibility index (Phi) is 4.79. The van der Waals surface area contributed by atoms with Crippen LogP contribution >= 0.6 is 0 Å². The van der Waals surface area contributed by atoms with Gasteiger partial charge in [-0.15, -0.1) is 0 Å². The van der Waals surface area contributed by atoms with E-state index in [1.54, 1.807) is 11.1 Å². The number of rotatable bonds is 3. The van der Waals surface area contributed by atoms with Crippen molar-refractivity contribution in [3.8, 4) is 0 Å². The van der Waals surface area contributed by atoms with Crippen molar-refractivity contribution < 1.29 is 0 Å². The molecule has 38 heavy (non-hydrogen) atoms. The molecule has 0 spiro atoms. The first-order chi connectivity index (χ1) is 18.1. The molecule has 0 amide bonds. The fourth-order valence-electron chi connectivity index (χ4n) is 7.52. The van der Waals surface area contributed by atoms with Crippen molar-refractivity contribution in [2.75, 3.05) is 4.90 Å². The molecule has 0 N–H and O–H groups in total. The Bertz CT molecular complexity index is 1650. The Morgan fingerprint density at radius 1 is 0.711 bits per heavy atom. The maximum Gasteiger partial charge on any atom is 0.0566 e. The van der Waals surface area contributed by atoms with Crippen molar-refractivity contribution in [3.05, 3.63) is 123 Å². The largest absolute Gasteiger partial charge is 0.334 e. The van der Waals surface area contributed by atoms with Gasteiger partial charge in [0.05, 0.1) is 6.04 Å². The van der Waals surface area contributed by atoms with E-state index in [4.69, 9.17) is 0 Å². The normalized spacial score (nSPS) is 20.1. The summed E-state index contributed by atoms with van der Waals surface area (Å²) in [5, 5.41) is 2.91. The number of hydrogen-bond donors (Lipinski definition) is 0. The molecule has 1 unspecified atom stereocenters. The Morgan fingerprint density at radius 3 is 1.92 bits per heavy atom. The van der Waals surface area contributed by atoms with Gasteiger partial charge in [0.1, 0.15) is 0 Å². The van der Waals surface area contributed by atoms with Gasteiger partial charge in [-0.25, -0.2) is 0 Å². The Balaban J connectivity index is 1.49. The third-order valence-electron chi connectivity index (χ3n) is 9.69. The van der Waals surface area contributed by atoms with Crippen LogP contribution in [0.3, 0.4) is 0 Å². The number of benzene rings is 4. The molecule has 1 atom stereocenters. The summed E-state index contributed by atoms with van der Waals surface area (Å²) in [6.07, 6.45) is 3.64. The van der Waals surface area contributed by atoms with Crippen LogP contribution < -0.4 is 4.90 Å². The monoisotopic (exact) mass is 495 g/mol. The molecule has 7 rings (SSSR count). The van der Waals surface area contributed by atoms with Gasteiger partial charge < -0.3 is 4.90 Å². The predicted molar refractivity (Wildman–Crippen MR) is 163 cm³/mol. The minimum Gasteiger partial charge on any atom is -0.334 e. The van der Waals surface area contributed by atoms with Gasteiger partial charge >= 0.3 is 0 Å². The number of anilines is 2. The first-order valence-corrected chi connectivity index (χ1v) is 14.1. The summed E-state index contributed by atoms with van der Waals surface area (Å²) in [5.74, 6) is 0. The zero-order valence-electron chi connectivity index (χ0n) is 23.7. The third-order valence-corrected chi connectivity index (χ3v) is 9.69. The van der Waals surface area contributed by atoms with Crippen molar-refractivity contribution in [2.24, 2.45) is 0 Å². The second kappa shape index (κ2) is 7.73. The second-order valence-electron chi connectivity index (χ2n) is 12.8. The summed E-state index contributed by atoms with van der Waals surface area (Å²) in [5.41, 5.74) is 15.6. The number of allylic oxidation sites excluding steroid dienone is 2. The van der Waals surface area contributed by atoms with Gasteiger partial charge in [0.15, 0.2) is 0 Å². The molecule has 0 heterocycles. The number of nitrogens with zero attached hydrogens (tertiary/aromatic N) is 1. The van der Waals surface area contributed by atoms with E-state index < -0.39 is 0 Å². The van der Waals surface area contributed by atoms with Gasteiger partial charge in [-0.2, -0.15) is 0 Å². The topological polar surface area (TPSA) is 3.24 Å². The average molecular weight is 496 g/mol. The molecule has 4 aromatic carbocycles. The zero-order chi connectivity index (χ0) is 26.6. The molecule has 1 heteroatoms. The lowest BCUT2D eigenvalue weighted by Crippen LogP contribution is -2.37. The average Bonchev–Trinajstić information content (AvgIpc) is 3.12. The van der Waals surface area contributed by atoms with Crippen LogP contribution in [-0.4, -0.2) is 6.04 Å². The van der Waals surface area contributed by atoms with E-state index in [2.05, 4.69) is 132 Å². The second-order valence-corrected chi connectivity index (χ2v) is 12.8. The predicted octanol–water partition coefficient (Wildman–Crippen LogP) is 9.64. The lowest BCUT2D eigenvalue weighted by Gasteiger charge is -2.43. The van der Waals surface area contributed by atoms with Gasteiger partial charge in [-0.3, -0.25) is 0 Å². The van der Waals surface area contributed by atoms with Crippen LogP contribution in [0.15, 0.2) is 90.0 Å². The van der Waals surface area contributed by atoms with E-state index in [1.165, 1.54) is 61.1 Å². The fraction of sp³-hybridized carbons (Fsp3) is 0.297. The van der Waals surface area contributed by atoms with Crippen LogP contribution in [0.4, 0.5) is 11.4 Å². The number of hydrogen-bond acceptors (Lipinski definition) is 1. The van der Waals surface area contributed by atoms with Crippen LogP contribution in [0.25, 0.3) is 16.3 Å². The van der Waals surface area contributed by atoms with Crippen LogP contribution in [0.5, 0.6) is 0 Å². The summed E-state index contributed by atoms with van der Waals surface area (Å²) in [6, 6.07) is 27.8. The molecule has 4 aromatic rings. The highest BCUT2D eigenvalue weighted by atomic mass is 15.2. The highest BCUT2D eigenvalue weighted by Gasteiger charge is 2.49. The van der Waals surface area contributed by atoms with Crippen LogP contribution in [-0.2, 0) is 10.8 Å². The molecule has 0 radical (unpaired) electrons. The summed E-state index contributed by atoms with van der Waals surface area (Å²) < 4.78 is 0. The summed E-state index contributed by atoms with van der Waals surface area (Å²) in [6.45, 7) is 16.4. The highest BCUT2D eigenvalue weighted by Crippen LogP contribution is 2.62. The molecular weight excluding hydrogens is 458 g/mol. The summed E-state index contributed by atoms with van der Waals surface area (Å²) in [7, 11) is 0. The smallest absolute Gasteiger partial charge is 0.0566 e. The SMILES string of the molecule is Cc1ccc(N(c2ccc(C)cc2)C2C=C3C4=C(C2)C(C)(C)c2cccc5c(C)cc(c4c25)C3(C)C)cc1. The Labute approximate surface area is 227 Å². The van der Waals surface area contributed by atoms with E-state index in [0.717, 1.165) is 6.42 Å². The van der Waals surface area contributed by atoms with E-state index in [1.807, 2.05) is 0 Å². The minimum atomic E-state index is -0.0344. The Hall–Kier alpha value is -3.58. The van der Waals surface area contributed by atoms with Gasteiger partial charge in [0.25, 0.3) is 0 Å². The zero-order valence-corrected chi connectivity index (χ0v) is 23.7. The quantitative estimate of drug-likeness (QED) is 0.273. The first-order valence-electron chi connectivity index (χ1n) is 14.1. The molecule has 3 aliphatic carbocycles. The van der Waals surface area contributed by atoms with Crippen molar-refractivity contribution >= 4 is 27.7 Å². The van der Waals surface area contributed by atoms with Crippen LogP contribution in [0.1, 0.15) is 67.5 Å². The van der Waals surface area contributed by atoms with E-state index in [9.17, 15) is 0 Å². The van der Waals surface area contributed by atoms with Crippen molar-refractivity contribution in [3.63, 3.8) is 0 Å². The molecule has 0 fully saturated rings. The Morgan fingerprint density at radius 2 is 1.32 bits per heavy atom. The molecule has 0 saturated heterocycles.